The molecule has 1 aliphatic heterocycles. The summed E-state index contributed by atoms with van der Waals surface area (Å²) in [5.74, 6) is 1.03. The van der Waals surface area contributed by atoms with Gasteiger partial charge in [-0.1, -0.05) is 24.3 Å². The first-order valence-electron chi connectivity index (χ1n) is 10.1. The van der Waals surface area contributed by atoms with Crippen LogP contribution in [-0.4, -0.2) is 61.6 Å². The number of amides is 1. The number of carbonyl (C=O) groups is 1. The molecule has 1 heterocycles. The molecule has 0 atom stereocenters. The van der Waals surface area contributed by atoms with E-state index in [0.29, 0.717) is 25.1 Å². The van der Waals surface area contributed by atoms with Gasteiger partial charge < -0.3 is 15.4 Å². The molecule has 0 radical (unpaired) electrons. The lowest BCUT2D eigenvalue weighted by atomic mass is 10.0. The fraction of sp³-hybridized carbons (Fsp3) is 0.391. The van der Waals surface area contributed by atoms with Crippen LogP contribution in [0.1, 0.15) is 18.4 Å². The standard InChI is InChI=1S/C23H28N4O2/c24-11-10-23(28)27-15-13-26(14-16-27)12-1-17-29-22-8-6-21(7-9-22)20-4-2-19(18-25)3-5-20/h2-9H,1,10-17,24H2. The molecule has 2 aromatic rings. The molecule has 1 aliphatic rings. The van der Waals surface area contributed by atoms with Crippen LogP contribution in [-0.2, 0) is 4.79 Å². The second-order valence-corrected chi connectivity index (χ2v) is 7.18. The molecule has 3 rings (SSSR count). The first kappa shape index (κ1) is 20.8. The van der Waals surface area contributed by atoms with Crippen molar-refractivity contribution in [1.82, 2.24) is 9.80 Å². The van der Waals surface area contributed by atoms with Crippen molar-refractivity contribution in [3.05, 3.63) is 54.1 Å². The SMILES string of the molecule is N#Cc1ccc(-c2ccc(OCCCN3CCN(C(=O)CCN)CC3)cc2)cc1. The van der Waals surface area contributed by atoms with Crippen molar-refractivity contribution < 1.29 is 9.53 Å². The second kappa shape index (κ2) is 10.6. The normalized spacial score (nSPS) is 14.4. The third-order valence-corrected chi connectivity index (χ3v) is 5.17. The summed E-state index contributed by atoms with van der Waals surface area (Å²) in [6.07, 6.45) is 1.39. The van der Waals surface area contributed by atoms with Gasteiger partial charge in [-0.25, -0.2) is 0 Å². The summed E-state index contributed by atoms with van der Waals surface area (Å²) in [4.78, 5) is 16.2. The largest absolute Gasteiger partial charge is 0.494 e. The Bertz CT molecular complexity index is 819. The molecule has 0 aliphatic carbocycles. The van der Waals surface area contributed by atoms with Crippen molar-refractivity contribution in [2.45, 2.75) is 12.8 Å². The molecule has 1 amide bonds. The Labute approximate surface area is 172 Å². The van der Waals surface area contributed by atoms with E-state index in [1.165, 1.54) is 0 Å². The van der Waals surface area contributed by atoms with E-state index in [2.05, 4.69) is 11.0 Å². The highest BCUT2D eigenvalue weighted by Crippen LogP contribution is 2.23. The fourth-order valence-corrected chi connectivity index (χ4v) is 3.46. The monoisotopic (exact) mass is 392 g/mol. The van der Waals surface area contributed by atoms with E-state index in [1.54, 1.807) is 0 Å². The lowest BCUT2D eigenvalue weighted by Crippen LogP contribution is -2.49. The molecule has 0 bridgehead atoms. The van der Waals surface area contributed by atoms with Crippen LogP contribution in [0, 0.1) is 11.3 Å². The van der Waals surface area contributed by atoms with E-state index in [-0.39, 0.29) is 5.91 Å². The van der Waals surface area contributed by atoms with E-state index in [0.717, 1.165) is 56.0 Å². The molecule has 2 N–H and O–H groups in total. The topological polar surface area (TPSA) is 82.6 Å². The van der Waals surface area contributed by atoms with E-state index < -0.39 is 0 Å². The fourth-order valence-electron chi connectivity index (χ4n) is 3.46. The summed E-state index contributed by atoms with van der Waals surface area (Å²) in [7, 11) is 0. The number of hydrogen-bond donors (Lipinski definition) is 1. The van der Waals surface area contributed by atoms with Crippen molar-refractivity contribution in [2.75, 3.05) is 45.9 Å². The van der Waals surface area contributed by atoms with Gasteiger partial charge in [0, 0.05) is 45.7 Å². The molecule has 0 spiro atoms. The number of benzene rings is 2. The van der Waals surface area contributed by atoms with E-state index >= 15 is 0 Å². The van der Waals surface area contributed by atoms with Crippen molar-refractivity contribution in [3.63, 3.8) is 0 Å². The van der Waals surface area contributed by atoms with Crippen LogP contribution < -0.4 is 10.5 Å². The number of rotatable bonds is 8. The predicted molar refractivity (Wildman–Crippen MR) is 113 cm³/mol. The highest BCUT2D eigenvalue weighted by molar-refractivity contribution is 5.76. The Morgan fingerprint density at radius 3 is 2.21 bits per heavy atom. The van der Waals surface area contributed by atoms with Crippen molar-refractivity contribution in [1.29, 1.82) is 5.26 Å². The summed E-state index contributed by atoms with van der Waals surface area (Å²) in [6.45, 7) is 5.47. The molecule has 152 valence electrons. The number of nitriles is 1. The molecule has 6 nitrogen and oxygen atoms in total. The van der Waals surface area contributed by atoms with Gasteiger partial charge in [-0.15, -0.1) is 0 Å². The lowest BCUT2D eigenvalue weighted by molar-refractivity contribution is -0.132. The average Bonchev–Trinajstić information content (AvgIpc) is 2.78. The minimum absolute atomic E-state index is 0.167. The van der Waals surface area contributed by atoms with Crippen LogP contribution in [0.5, 0.6) is 5.75 Å². The second-order valence-electron chi connectivity index (χ2n) is 7.18. The maximum absolute atomic E-state index is 11.9. The van der Waals surface area contributed by atoms with Crippen LogP contribution >= 0.6 is 0 Å². The summed E-state index contributed by atoms with van der Waals surface area (Å²) < 4.78 is 5.87. The van der Waals surface area contributed by atoms with Crippen LogP contribution in [0.3, 0.4) is 0 Å². The Kier molecular flexibility index (Phi) is 7.62. The van der Waals surface area contributed by atoms with E-state index in [4.69, 9.17) is 15.7 Å². The Hall–Kier alpha value is -2.88. The summed E-state index contributed by atoms with van der Waals surface area (Å²) in [5.41, 5.74) is 8.31. The van der Waals surface area contributed by atoms with Gasteiger partial charge in [-0.2, -0.15) is 5.26 Å². The maximum Gasteiger partial charge on any atom is 0.223 e. The third kappa shape index (κ3) is 6.05. The van der Waals surface area contributed by atoms with Gasteiger partial charge >= 0.3 is 0 Å². The number of nitrogens with two attached hydrogens (primary N) is 1. The van der Waals surface area contributed by atoms with Crippen molar-refractivity contribution >= 4 is 5.91 Å². The molecule has 6 heteroatoms. The Morgan fingerprint density at radius 1 is 1.00 bits per heavy atom. The van der Waals surface area contributed by atoms with E-state index in [9.17, 15) is 4.79 Å². The molecule has 0 unspecified atom stereocenters. The zero-order valence-corrected chi connectivity index (χ0v) is 16.7. The number of nitrogens with zero attached hydrogens (tertiary/aromatic N) is 3. The van der Waals surface area contributed by atoms with Crippen molar-refractivity contribution in [2.24, 2.45) is 5.73 Å². The van der Waals surface area contributed by atoms with Gasteiger partial charge in [0.25, 0.3) is 0 Å². The molecule has 29 heavy (non-hydrogen) atoms. The molecular weight excluding hydrogens is 364 g/mol. The number of carbonyl (C=O) groups excluding carboxylic acids is 1. The minimum atomic E-state index is 0.167. The van der Waals surface area contributed by atoms with Gasteiger partial charge in [0.1, 0.15) is 5.75 Å². The van der Waals surface area contributed by atoms with Gasteiger partial charge in [-0.3, -0.25) is 9.69 Å². The van der Waals surface area contributed by atoms with E-state index in [1.807, 2.05) is 53.4 Å². The Balaban J connectivity index is 1.37. The first-order chi connectivity index (χ1) is 14.2. The predicted octanol–water partition coefficient (Wildman–Crippen LogP) is 2.49. The molecule has 1 fully saturated rings. The zero-order chi connectivity index (χ0) is 20.5. The molecule has 2 aromatic carbocycles. The maximum atomic E-state index is 11.9. The van der Waals surface area contributed by atoms with Crippen LogP contribution in [0.25, 0.3) is 11.1 Å². The number of ether oxygens (including phenoxy) is 1. The smallest absolute Gasteiger partial charge is 0.223 e. The molecule has 0 aromatic heterocycles. The number of hydrogen-bond acceptors (Lipinski definition) is 5. The summed E-state index contributed by atoms with van der Waals surface area (Å²) in [5, 5.41) is 8.89. The van der Waals surface area contributed by atoms with Crippen LogP contribution in [0.2, 0.25) is 0 Å². The quantitative estimate of drug-likeness (QED) is 0.698. The molecule has 0 saturated carbocycles. The van der Waals surface area contributed by atoms with Crippen LogP contribution in [0.15, 0.2) is 48.5 Å². The lowest BCUT2D eigenvalue weighted by Gasteiger charge is -2.34. The van der Waals surface area contributed by atoms with Crippen LogP contribution in [0.4, 0.5) is 0 Å². The van der Waals surface area contributed by atoms with Gasteiger partial charge in [-0.05, 0) is 41.8 Å². The number of piperazine rings is 1. The van der Waals surface area contributed by atoms with Gasteiger partial charge in [0.2, 0.25) is 5.91 Å². The van der Waals surface area contributed by atoms with Gasteiger partial charge in [0.15, 0.2) is 0 Å². The third-order valence-electron chi connectivity index (χ3n) is 5.17. The minimum Gasteiger partial charge on any atom is -0.494 e. The first-order valence-corrected chi connectivity index (χ1v) is 10.1. The van der Waals surface area contributed by atoms with Gasteiger partial charge in [0.05, 0.1) is 18.2 Å². The Morgan fingerprint density at radius 2 is 1.62 bits per heavy atom. The highest BCUT2D eigenvalue weighted by atomic mass is 16.5. The highest BCUT2D eigenvalue weighted by Gasteiger charge is 2.19. The summed E-state index contributed by atoms with van der Waals surface area (Å²) in [6, 6.07) is 17.7. The average molecular weight is 393 g/mol. The molecular formula is C23H28N4O2. The van der Waals surface area contributed by atoms with Crippen molar-refractivity contribution in [3.8, 4) is 22.9 Å². The zero-order valence-electron chi connectivity index (χ0n) is 16.7. The molecule has 1 saturated heterocycles. The summed E-state index contributed by atoms with van der Waals surface area (Å²) >= 11 is 0.